The van der Waals surface area contributed by atoms with Crippen molar-refractivity contribution < 1.29 is 9.21 Å². The molecule has 0 aliphatic carbocycles. The molecule has 0 bridgehead atoms. The molecule has 0 aliphatic rings. The minimum Gasteiger partial charge on any atom is -0.469 e. The third-order valence-electron chi connectivity index (χ3n) is 3.92. The van der Waals surface area contributed by atoms with Crippen LogP contribution in [0.25, 0.3) is 0 Å². The minimum atomic E-state index is -0.424. The van der Waals surface area contributed by atoms with E-state index >= 15 is 0 Å². The Kier molecular flexibility index (Phi) is 4.96. The zero-order valence-corrected chi connectivity index (χ0v) is 11.8. The van der Waals surface area contributed by atoms with Crippen LogP contribution in [0.15, 0.2) is 16.7 Å². The normalized spacial score (nSPS) is 11.6. The molecule has 1 aromatic heterocycles. The van der Waals surface area contributed by atoms with E-state index in [0.29, 0.717) is 13.1 Å². The number of furan rings is 1. The first-order valence-corrected chi connectivity index (χ1v) is 6.49. The van der Waals surface area contributed by atoms with Gasteiger partial charge in [0.2, 0.25) is 5.91 Å². The van der Waals surface area contributed by atoms with Gasteiger partial charge in [0.1, 0.15) is 5.76 Å². The van der Waals surface area contributed by atoms with Gasteiger partial charge in [0.05, 0.1) is 11.7 Å². The van der Waals surface area contributed by atoms with Crippen LogP contribution < -0.4 is 5.73 Å². The van der Waals surface area contributed by atoms with Gasteiger partial charge in [0.25, 0.3) is 0 Å². The molecule has 0 atom stereocenters. The maximum atomic E-state index is 12.5. The van der Waals surface area contributed by atoms with Gasteiger partial charge in [-0.15, -0.1) is 0 Å². The second kappa shape index (κ2) is 6.05. The van der Waals surface area contributed by atoms with Crippen molar-refractivity contribution in [2.75, 3.05) is 13.6 Å². The number of hydrogen-bond donors (Lipinski definition) is 1. The van der Waals surface area contributed by atoms with Gasteiger partial charge in [-0.1, -0.05) is 13.8 Å². The molecular weight excluding hydrogens is 228 g/mol. The van der Waals surface area contributed by atoms with Crippen molar-refractivity contribution >= 4 is 5.91 Å². The number of carbonyl (C=O) groups is 1. The second-order valence-corrected chi connectivity index (χ2v) is 4.85. The Balaban J connectivity index is 2.80. The van der Waals surface area contributed by atoms with Gasteiger partial charge in [0.15, 0.2) is 0 Å². The van der Waals surface area contributed by atoms with Crippen molar-refractivity contribution in [3.8, 4) is 0 Å². The number of nitrogens with zero attached hydrogens (tertiary/aromatic N) is 1. The summed E-state index contributed by atoms with van der Waals surface area (Å²) in [5.41, 5.74) is 6.43. The van der Waals surface area contributed by atoms with Crippen molar-refractivity contribution in [1.82, 2.24) is 4.90 Å². The van der Waals surface area contributed by atoms with E-state index in [1.54, 1.807) is 11.2 Å². The third-order valence-corrected chi connectivity index (χ3v) is 3.92. The molecular formula is C14H24N2O2. The van der Waals surface area contributed by atoms with Gasteiger partial charge in [-0.25, -0.2) is 0 Å². The maximum absolute atomic E-state index is 12.5. The summed E-state index contributed by atoms with van der Waals surface area (Å²) in [6.07, 6.45) is 3.19. The van der Waals surface area contributed by atoms with Crippen LogP contribution >= 0.6 is 0 Å². The average molecular weight is 252 g/mol. The zero-order chi connectivity index (χ0) is 13.8. The van der Waals surface area contributed by atoms with Crippen LogP contribution in [0, 0.1) is 12.3 Å². The molecule has 0 unspecified atom stereocenters. The van der Waals surface area contributed by atoms with Crippen LogP contribution in [0.5, 0.6) is 0 Å². The van der Waals surface area contributed by atoms with Crippen molar-refractivity contribution in [1.29, 1.82) is 0 Å². The number of rotatable bonds is 6. The molecule has 0 saturated heterocycles. The van der Waals surface area contributed by atoms with Gasteiger partial charge in [0, 0.05) is 25.7 Å². The maximum Gasteiger partial charge on any atom is 0.230 e. The van der Waals surface area contributed by atoms with Crippen molar-refractivity contribution in [2.45, 2.75) is 40.2 Å². The zero-order valence-electron chi connectivity index (χ0n) is 11.8. The Morgan fingerprint density at radius 1 is 1.44 bits per heavy atom. The summed E-state index contributed by atoms with van der Waals surface area (Å²) >= 11 is 0. The Bertz CT molecular complexity index is 386. The number of amides is 1. The summed E-state index contributed by atoms with van der Waals surface area (Å²) < 4.78 is 5.25. The molecule has 1 amide bonds. The SMILES string of the molecule is CCC(CC)(CN)C(=O)N(C)Cc1ccoc1C. The fourth-order valence-electron chi connectivity index (χ4n) is 2.24. The topological polar surface area (TPSA) is 59.5 Å². The fourth-order valence-corrected chi connectivity index (χ4v) is 2.24. The first-order valence-electron chi connectivity index (χ1n) is 6.49. The number of carbonyl (C=O) groups excluding carboxylic acids is 1. The molecule has 0 spiro atoms. The molecule has 0 aliphatic heterocycles. The van der Waals surface area contributed by atoms with E-state index in [4.69, 9.17) is 10.2 Å². The first-order chi connectivity index (χ1) is 8.50. The third kappa shape index (κ3) is 2.75. The second-order valence-electron chi connectivity index (χ2n) is 4.85. The molecule has 2 N–H and O–H groups in total. The summed E-state index contributed by atoms with van der Waals surface area (Å²) in [5, 5.41) is 0. The van der Waals surface area contributed by atoms with Crippen LogP contribution in [-0.2, 0) is 11.3 Å². The van der Waals surface area contributed by atoms with Gasteiger partial charge in [-0.3, -0.25) is 4.79 Å². The lowest BCUT2D eigenvalue weighted by molar-refractivity contribution is -0.141. The minimum absolute atomic E-state index is 0.121. The molecule has 102 valence electrons. The van der Waals surface area contributed by atoms with Gasteiger partial charge < -0.3 is 15.1 Å². The van der Waals surface area contributed by atoms with E-state index in [2.05, 4.69) is 0 Å². The van der Waals surface area contributed by atoms with Crippen molar-refractivity contribution in [2.24, 2.45) is 11.1 Å². The number of nitrogens with two attached hydrogens (primary N) is 1. The molecule has 1 heterocycles. The highest BCUT2D eigenvalue weighted by atomic mass is 16.3. The van der Waals surface area contributed by atoms with E-state index in [9.17, 15) is 4.79 Å². The van der Waals surface area contributed by atoms with Crippen LogP contribution in [0.2, 0.25) is 0 Å². The summed E-state index contributed by atoms with van der Waals surface area (Å²) in [6.45, 7) is 6.91. The summed E-state index contributed by atoms with van der Waals surface area (Å²) in [4.78, 5) is 14.3. The van der Waals surface area contributed by atoms with E-state index in [1.807, 2.05) is 33.9 Å². The highest BCUT2D eigenvalue weighted by Gasteiger charge is 2.35. The number of aryl methyl sites for hydroxylation is 1. The van der Waals surface area contributed by atoms with Crippen LogP contribution in [0.1, 0.15) is 38.0 Å². The molecule has 4 nitrogen and oxygen atoms in total. The van der Waals surface area contributed by atoms with E-state index < -0.39 is 5.41 Å². The molecule has 0 saturated carbocycles. The fraction of sp³-hybridized carbons (Fsp3) is 0.643. The Labute approximate surface area is 109 Å². The molecule has 1 aromatic rings. The lowest BCUT2D eigenvalue weighted by Gasteiger charge is -2.33. The van der Waals surface area contributed by atoms with Crippen LogP contribution in [0.4, 0.5) is 0 Å². The summed E-state index contributed by atoms with van der Waals surface area (Å²) in [7, 11) is 1.82. The van der Waals surface area contributed by atoms with E-state index in [0.717, 1.165) is 24.2 Å². The molecule has 4 heteroatoms. The Morgan fingerprint density at radius 3 is 2.44 bits per heavy atom. The predicted octanol–water partition coefficient (Wildman–Crippen LogP) is 2.31. The van der Waals surface area contributed by atoms with Crippen LogP contribution in [0.3, 0.4) is 0 Å². The van der Waals surface area contributed by atoms with Gasteiger partial charge in [-0.05, 0) is 25.8 Å². The van der Waals surface area contributed by atoms with Crippen molar-refractivity contribution in [3.63, 3.8) is 0 Å². The van der Waals surface area contributed by atoms with Gasteiger partial charge in [-0.2, -0.15) is 0 Å². The Morgan fingerprint density at radius 2 is 2.06 bits per heavy atom. The highest BCUT2D eigenvalue weighted by Crippen LogP contribution is 2.28. The molecule has 18 heavy (non-hydrogen) atoms. The average Bonchev–Trinajstić information content (AvgIpc) is 2.77. The lowest BCUT2D eigenvalue weighted by Crippen LogP contribution is -2.45. The quantitative estimate of drug-likeness (QED) is 0.845. The van der Waals surface area contributed by atoms with E-state index in [1.165, 1.54) is 0 Å². The molecule has 0 fully saturated rings. The van der Waals surface area contributed by atoms with Crippen LogP contribution in [-0.4, -0.2) is 24.4 Å². The number of hydrogen-bond acceptors (Lipinski definition) is 3. The van der Waals surface area contributed by atoms with E-state index in [-0.39, 0.29) is 5.91 Å². The standard InChI is InChI=1S/C14H24N2O2/c1-5-14(6-2,10-15)13(17)16(4)9-12-7-8-18-11(12)3/h7-8H,5-6,9-10,15H2,1-4H3. The van der Waals surface area contributed by atoms with Gasteiger partial charge >= 0.3 is 0 Å². The largest absolute Gasteiger partial charge is 0.469 e. The summed E-state index contributed by atoms with van der Waals surface area (Å²) in [5.74, 6) is 0.983. The molecule has 0 radical (unpaired) electrons. The first kappa shape index (κ1) is 14.8. The monoisotopic (exact) mass is 252 g/mol. The Hall–Kier alpha value is -1.29. The molecule has 0 aromatic carbocycles. The lowest BCUT2D eigenvalue weighted by atomic mass is 9.81. The van der Waals surface area contributed by atoms with Crippen molar-refractivity contribution in [3.05, 3.63) is 23.7 Å². The molecule has 1 rings (SSSR count). The smallest absolute Gasteiger partial charge is 0.230 e. The predicted molar refractivity (Wildman–Crippen MR) is 72.0 cm³/mol. The highest BCUT2D eigenvalue weighted by molar-refractivity contribution is 5.82. The summed E-state index contributed by atoms with van der Waals surface area (Å²) in [6, 6.07) is 1.90.